The third kappa shape index (κ3) is 4.14. The molecule has 0 saturated carbocycles. The number of aryl methyl sites for hydroxylation is 1. The quantitative estimate of drug-likeness (QED) is 0.511. The number of benzene rings is 1. The van der Waals surface area contributed by atoms with E-state index in [2.05, 4.69) is 19.7 Å². The Morgan fingerprint density at radius 1 is 1.33 bits per heavy atom. The van der Waals surface area contributed by atoms with Crippen molar-refractivity contribution in [2.45, 2.75) is 25.8 Å². The standard InChI is InChI=1S/C18H21N5O4/c1-27-14(25)9-11-4-2-5-12(8-11)10-23-17-15(22-18(23)26)16(19)20-13(21-17)6-3-7-24/h2,4-5,8,24H,3,6-7,9-10H2,1H3,(H,22,26)(H2,19,20,21). The number of aromatic amines is 1. The van der Waals surface area contributed by atoms with Crippen LogP contribution in [0.3, 0.4) is 0 Å². The van der Waals surface area contributed by atoms with Crippen LogP contribution < -0.4 is 11.4 Å². The van der Waals surface area contributed by atoms with Gasteiger partial charge in [0.1, 0.15) is 11.3 Å². The van der Waals surface area contributed by atoms with Crippen LogP contribution in [-0.2, 0) is 28.9 Å². The van der Waals surface area contributed by atoms with Gasteiger partial charge in [0.2, 0.25) is 0 Å². The summed E-state index contributed by atoms with van der Waals surface area (Å²) in [5.74, 6) is 0.343. The number of aliphatic hydroxyl groups excluding tert-OH is 1. The lowest BCUT2D eigenvalue weighted by molar-refractivity contribution is -0.139. The number of imidazole rings is 1. The third-order valence-corrected chi connectivity index (χ3v) is 4.16. The molecule has 0 saturated heterocycles. The molecule has 27 heavy (non-hydrogen) atoms. The summed E-state index contributed by atoms with van der Waals surface area (Å²) in [6, 6.07) is 7.36. The fraction of sp³-hybridized carbons (Fsp3) is 0.333. The second-order valence-electron chi connectivity index (χ2n) is 6.14. The lowest BCUT2D eigenvalue weighted by Crippen LogP contribution is -2.18. The van der Waals surface area contributed by atoms with E-state index >= 15 is 0 Å². The molecule has 9 nitrogen and oxygen atoms in total. The minimum absolute atomic E-state index is 0.0221. The van der Waals surface area contributed by atoms with E-state index in [1.54, 1.807) is 0 Å². The first-order valence-electron chi connectivity index (χ1n) is 8.52. The predicted molar refractivity (Wildman–Crippen MR) is 99.2 cm³/mol. The second kappa shape index (κ2) is 8.00. The Morgan fingerprint density at radius 2 is 2.11 bits per heavy atom. The maximum Gasteiger partial charge on any atom is 0.328 e. The number of carbonyl (C=O) groups excluding carboxylic acids is 1. The average molecular weight is 371 g/mol. The van der Waals surface area contributed by atoms with Crippen LogP contribution in [-0.4, -0.2) is 44.3 Å². The first kappa shape index (κ1) is 18.6. The molecule has 2 aromatic heterocycles. The van der Waals surface area contributed by atoms with Gasteiger partial charge in [-0.3, -0.25) is 9.36 Å². The van der Waals surface area contributed by atoms with Gasteiger partial charge >= 0.3 is 11.7 Å². The Bertz CT molecular complexity index is 1020. The van der Waals surface area contributed by atoms with Gasteiger partial charge in [0, 0.05) is 13.0 Å². The summed E-state index contributed by atoms with van der Waals surface area (Å²) in [7, 11) is 1.34. The SMILES string of the molecule is COC(=O)Cc1cccc(Cn2c(=O)[nH]c3c(N)nc(CCCO)nc32)c1. The van der Waals surface area contributed by atoms with Crippen LogP contribution in [0.5, 0.6) is 0 Å². The van der Waals surface area contributed by atoms with Crippen molar-refractivity contribution in [1.29, 1.82) is 0 Å². The Morgan fingerprint density at radius 3 is 2.85 bits per heavy atom. The summed E-state index contributed by atoms with van der Waals surface area (Å²) >= 11 is 0. The molecule has 142 valence electrons. The molecule has 0 aliphatic carbocycles. The molecule has 0 fully saturated rings. The maximum atomic E-state index is 12.4. The fourth-order valence-electron chi connectivity index (χ4n) is 2.85. The number of fused-ring (bicyclic) bond motifs is 1. The summed E-state index contributed by atoms with van der Waals surface area (Å²) in [5, 5.41) is 8.99. The van der Waals surface area contributed by atoms with Crippen LogP contribution in [0, 0.1) is 0 Å². The topological polar surface area (TPSA) is 136 Å². The highest BCUT2D eigenvalue weighted by atomic mass is 16.5. The van der Waals surface area contributed by atoms with Crippen LogP contribution in [0.15, 0.2) is 29.1 Å². The molecule has 0 amide bonds. The van der Waals surface area contributed by atoms with E-state index in [-0.39, 0.29) is 37.0 Å². The van der Waals surface area contributed by atoms with Crippen LogP contribution in [0.25, 0.3) is 11.2 Å². The molecule has 0 spiro atoms. The smallest absolute Gasteiger partial charge is 0.328 e. The van der Waals surface area contributed by atoms with Crippen LogP contribution in [0.1, 0.15) is 23.4 Å². The Balaban J connectivity index is 1.96. The molecule has 1 aromatic carbocycles. The second-order valence-corrected chi connectivity index (χ2v) is 6.14. The lowest BCUT2D eigenvalue weighted by Gasteiger charge is -2.07. The van der Waals surface area contributed by atoms with Crippen molar-refractivity contribution in [1.82, 2.24) is 19.5 Å². The molecular weight excluding hydrogens is 350 g/mol. The number of aliphatic hydroxyl groups is 1. The largest absolute Gasteiger partial charge is 0.469 e. The number of rotatable bonds is 7. The Hall–Kier alpha value is -3.20. The first-order valence-corrected chi connectivity index (χ1v) is 8.52. The number of hydrogen-bond acceptors (Lipinski definition) is 7. The first-order chi connectivity index (χ1) is 13.0. The molecule has 2 heterocycles. The summed E-state index contributed by atoms with van der Waals surface area (Å²) in [5.41, 5.74) is 8.05. The van der Waals surface area contributed by atoms with Crippen LogP contribution in [0.4, 0.5) is 5.82 Å². The molecule has 3 aromatic rings. The molecule has 0 atom stereocenters. The molecule has 0 bridgehead atoms. The molecule has 3 rings (SSSR count). The van der Waals surface area contributed by atoms with Crippen molar-refractivity contribution in [3.05, 3.63) is 51.7 Å². The van der Waals surface area contributed by atoms with Gasteiger partial charge in [-0.05, 0) is 17.5 Å². The molecule has 0 aliphatic heterocycles. The van der Waals surface area contributed by atoms with Gasteiger partial charge in [-0.2, -0.15) is 0 Å². The van der Waals surface area contributed by atoms with Crippen molar-refractivity contribution >= 4 is 23.0 Å². The number of nitrogens with two attached hydrogens (primary N) is 1. The van der Waals surface area contributed by atoms with Crippen molar-refractivity contribution in [2.24, 2.45) is 0 Å². The van der Waals surface area contributed by atoms with Crippen LogP contribution >= 0.6 is 0 Å². The van der Waals surface area contributed by atoms with E-state index in [0.29, 0.717) is 29.8 Å². The predicted octanol–water partition coefficient (Wildman–Crippen LogP) is 0.390. The van der Waals surface area contributed by atoms with Crippen molar-refractivity contribution in [2.75, 3.05) is 19.5 Å². The summed E-state index contributed by atoms with van der Waals surface area (Å²) < 4.78 is 6.17. The van der Waals surface area contributed by atoms with E-state index in [9.17, 15) is 9.59 Å². The van der Waals surface area contributed by atoms with Crippen molar-refractivity contribution < 1.29 is 14.6 Å². The number of nitrogen functional groups attached to an aromatic ring is 1. The summed E-state index contributed by atoms with van der Waals surface area (Å²) in [6.07, 6.45) is 1.13. The molecule has 0 unspecified atom stereocenters. The molecular formula is C18H21N5O4. The van der Waals surface area contributed by atoms with Crippen LogP contribution in [0.2, 0.25) is 0 Å². The normalized spacial score (nSPS) is 11.0. The summed E-state index contributed by atoms with van der Waals surface area (Å²) in [4.78, 5) is 35.2. The number of ether oxygens (including phenoxy) is 1. The zero-order chi connectivity index (χ0) is 19.4. The van der Waals surface area contributed by atoms with Gasteiger partial charge < -0.3 is 20.6 Å². The number of H-pyrrole nitrogens is 1. The number of aromatic nitrogens is 4. The Labute approximate surface area is 154 Å². The minimum Gasteiger partial charge on any atom is -0.469 e. The Kier molecular flexibility index (Phi) is 5.51. The van der Waals surface area contributed by atoms with Gasteiger partial charge in [0.05, 0.1) is 20.1 Å². The monoisotopic (exact) mass is 371 g/mol. The van der Waals surface area contributed by atoms with Gasteiger partial charge in [-0.1, -0.05) is 24.3 Å². The number of methoxy groups -OCH3 is 1. The zero-order valence-electron chi connectivity index (χ0n) is 14.9. The van der Waals surface area contributed by atoms with E-state index in [1.165, 1.54) is 11.7 Å². The molecule has 0 aliphatic rings. The molecule has 4 N–H and O–H groups in total. The van der Waals surface area contributed by atoms with Crippen molar-refractivity contribution in [3.63, 3.8) is 0 Å². The zero-order valence-corrected chi connectivity index (χ0v) is 14.9. The number of nitrogens with zero attached hydrogens (tertiary/aromatic N) is 3. The number of carbonyl (C=O) groups is 1. The number of anilines is 1. The van der Waals surface area contributed by atoms with E-state index in [0.717, 1.165) is 11.1 Å². The average Bonchev–Trinajstić information content (AvgIpc) is 2.96. The molecule has 0 radical (unpaired) electrons. The maximum absolute atomic E-state index is 12.4. The molecule has 9 heteroatoms. The highest BCUT2D eigenvalue weighted by Crippen LogP contribution is 2.16. The third-order valence-electron chi connectivity index (χ3n) is 4.16. The number of nitrogens with one attached hydrogen (secondary N) is 1. The number of esters is 1. The van der Waals surface area contributed by atoms with Crippen molar-refractivity contribution in [3.8, 4) is 0 Å². The minimum atomic E-state index is -0.344. The van der Waals surface area contributed by atoms with Gasteiger partial charge in [0.25, 0.3) is 0 Å². The number of hydrogen-bond donors (Lipinski definition) is 3. The summed E-state index contributed by atoms with van der Waals surface area (Å²) in [6.45, 7) is 0.290. The highest BCUT2D eigenvalue weighted by Gasteiger charge is 2.14. The van der Waals surface area contributed by atoms with E-state index in [1.807, 2.05) is 24.3 Å². The van der Waals surface area contributed by atoms with Gasteiger partial charge in [-0.25, -0.2) is 14.8 Å². The van der Waals surface area contributed by atoms with E-state index < -0.39 is 0 Å². The van der Waals surface area contributed by atoms with Gasteiger partial charge in [0.15, 0.2) is 11.5 Å². The fourth-order valence-corrected chi connectivity index (χ4v) is 2.85. The lowest BCUT2D eigenvalue weighted by atomic mass is 10.1. The van der Waals surface area contributed by atoms with Gasteiger partial charge in [-0.15, -0.1) is 0 Å². The highest BCUT2D eigenvalue weighted by molar-refractivity contribution is 5.81. The van der Waals surface area contributed by atoms with E-state index in [4.69, 9.17) is 10.8 Å².